The van der Waals surface area contributed by atoms with Crippen molar-refractivity contribution in [3.8, 4) is 0 Å². The molecule has 1 aliphatic carbocycles. The Hall–Kier alpha value is -0.870. The van der Waals surface area contributed by atoms with E-state index in [1.54, 1.807) is 20.8 Å². The smallest absolute Gasteiger partial charge is 0.407 e. The molecule has 1 N–H and O–H groups in total. The van der Waals surface area contributed by atoms with Crippen molar-refractivity contribution in [1.82, 2.24) is 5.32 Å². The zero-order valence-electron chi connectivity index (χ0n) is 8.51. The molecule has 0 bridgehead atoms. The molecule has 0 spiro atoms. The Kier molecular flexibility index (Phi) is 2.97. The van der Waals surface area contributed by atoms with Gasteiger partial charge in [0.15, 0.2) is 0 Å². The van der Waals surface area contributed by atoms with Crippen molar-refractivity contribution in [2.45, 2.75) is 45.3 Å². The molecule has 1 amide bonds. The summed E-state index contributed by atoms with van der Waals surface area (Å²) in [7, 11) is 0. The van der Waals surface area contributed by atoms with Crippen LogP contribution in [0.2, 0.25) is 0 Å². The first-order valence-corrected chi connectivity index (χ1v) is 4.57. The number of carbonyl (C=O) groups is 1. The molecule has 1 aliphatic rings. The molecule has 1 rings (SSSR count). The topological polar surface area (TPSA) is 38.3 Å². The van der Waals surface area contributed by atoms with Gasteiger partial charge in [-0.3, -0.25) is 0 Å². The molecule has 0 aliphatic heterocycles. The highest BCUT2D eigenvalue weighted by molar-refractivity contribution is 5.68. The first-order chi connectivity index (χ1) is 6.29. The molecule has 0 radical (unpaired) electrons. The predicted octanol–water partition coefficient (Wildman–Crippen LogP) is 2.16. The SMILES string of the molecule is CC(C)(C)OC(=O)N[C@@H]1C[C@H]1C(F)F. The van der Waals surface area contributed by atoms with Crippen molar-refractivity contribution < 1.29 is 18.3 Å². The minimum Gasteiger partial charge on any atom is -0.444 e. The van der Waals surface area contributed by atoms with E-state index in [1.807, 2.05) is 0 Å². The second-order valence-corrected chi connectivity index (χ2v) is 4.49. The summed E-state index contributed by atoms with van der Waals surface area (Å²) in [6.07, 6.45) is -2.63. The van der Waals surface area contributed by atoms with E-state index in [9.17, 15) is 13.6 Å². The van der Waals surface area contributed by atoms with E-state index in [4.69, 9.17) is 4.74 Å². The lowest BCUT2D eigenvalue weighted by atomic mass is 10.2. The zero-order valence-corrected chi connectivity index (χ0v) is 8.51. The third-order valence-electron chi connectivity index (χ3n) is 1.87. The minimum atomic E-state index is -2.35. The fraction of sp³-hybridized carbons (Fsp3) is 0.889. The summed E-state index contributed by atoms with van der Waals surface area (Å²) in [6, 6.07) is -0.412. The maximum absolute atomic E-state index is 12.1. The molecule has 0 heterocycles. The van der Waals surface area contributed by atoms with E-state index in [0.717, 1.165) is 0 Å². The van der Waals surface area contributed by atoms with Crippen LogP contribution >= 0.6 is 0 Å². The fourth-order valence-corrected chi connectivity index (χ4v) is 1.12. The maximum Gasteiger partial charge on any atom is 0.407 e. The molecule has 5 heteroatoms. The van der Waals surface area contributed by atoms with Crippen molar-refractivity contribution >= 4 is 6.09 Å². The van der Waals surface area contributed by atoms with Crippen LogP contribution in [0.25, 0.3) is 0 Å². The van der Waals surface area contributed by atoms with Gasteiger partial charge in [0.2, 0.25) is 6.43 Å². The van der Waals surface area contributed by atoms with E-state index in [1.165, 1.54) is 0 Å². The lowest BCUT2D eigenvalue weighted by molar-refractivity contribution is 0.0509. The minimum absolute atomic E-state index is 0.344. The first kappa shape index (κ1) is 11.2. The van der Waals surface area contributed by atoms with E-state index in [0.29, 0.717) is 6.42 Å². The van der Waals surface area contributed by atoms with E-state index < -0.39 is 30.1 Å². The van der Waals surface area contributed by atoms with Crippen LogP contribution in [0.3, 0.4) is 0 Å². The number of rotatable bonds is 2. The normalized spacial score (nSPS) is 26.1. The molecule has 0 unspecified atom stereocenters. The van der Waals surface area contributed by atoms with Crippen LogP contribution in [0.1, 0.15) is 27.2 Å². The van der Waals surface area contributed by atoms with Gasteiger partial charge < -0.3 is 10.1 Å². The Morgan fingerprint density at radius 1 is 1.50 bits per heavy atom. The van der Waals surface area contributed by atoms with Crippen LogP contribution in [0, 0.1) is 5.92 Å². The van der Waals surface area contributed by atoms with Crippen molar-refractivity contribution in [2.24, 2.45) is 5.92 Å². The summed E-state index contributed by atoms with van der Waals surface area (Å²) in [5.41, 5.74) is -0.584. The number of hydrogen-bond donors (Lipinski definition) is 1. The van der Waals surface area contributed by atoms with Crippen LogP contribution in [0.4, 0.5) is 13.6 Å². The largest absolute Gasteiger partial charge is 0.444 e. The van der Waals surface area contributed by atoms with Gasteiger partial charge in [-0.05, 0) is 27.2 Å². The molecule has 3 nitrogen and oxygen atoms in total. The average molecular weight is 207 g/mol. The van der Waals surface area contributed by atoms with Gasteiger partial charge in [-0.15, -0.1) is 0 Å². The first-order valence-electron chi connectivity index (χ1n) is 4.57. The molecular weight excluding hydrogens is 192 g/mol. The third-order valence-corrected chi connectivity index (χ3v) is 1.87. The number of nitrogens with one attached hydrogen (secondary N) is 1. The number of alkyl halides is 2. The summed E-state index contributed by atoms with van der Waals surface area (Å²) < 4.78 is 29.1. The third kappa shape index (κ3) is 3.47. The highest BCUT2D eigenvalue weighted by Crippen LogP contribution is 2.36. The number of alkyl carbamates (subject to hydrolysis) is 1. The molecule has 2 atom stereocenters. The molecule has 14 heavy (non-hydrogen) atoms. The highest BCUT2D eigenvalue weighted by Gasteiger charge is 2.45. The van der Waals surface area contributed by atoms with Gasteiger partial charge in [0.05, 0.1) is 0 Å². The maximum atomic E-state index is 12.1. The van der Waals surface area contributed by atoms with Gasteiger partial charge in [-0.2, -0.15) is 0 Å². The van der Waals surface area contributed by atoms with Gasteiger partial charge in [-0.25, -0.2) is 13.6 Å². The standard InChI is InChI=1S/C9H15F2NO2/c1-9(2,3)14-8(13)12-6-4-5(6)7(10)11/h5-7H,4H2,1-3H3,(H,12,13)/t5-,6-/m1/s1. The number of halogens is 2. The van der Waals surface area contributed by atoms with Crippen LogP contribution in [0.15, 0.2) is 0 Å². The summed E-state index contributed by atoms with van der Waals surface area (Å²) in [6.45, 7) is 5.18. The predicted molar refractivity (Wildman–Crippen MR) is 47.3 cm³/mol. The average Bonchev–Trinajstić information content (AvgIpc) is 2.61. The Bertz CT molecular complexity index is 225. The molecule has 0 aromatic heterocycles. The molecular formula is C9H15F2NO2. The Labute approximate surface area is 81.8 Å². The number of carbonyl (C=O) groups excluding carboxylic acids is 1. The molecule has 0 saturated heterocycles. The number of hydrogen-bond acceptors (Lipinski definition) is 2. The monoisotopic (exact) mass is 207 g/mol. The van der Waals surface area contributed by atoms with Gasteiger partial charge in [0, 0.05) is 12.0 Å². The summed E-state index contributed by atoms with van der Waals surface area (Å²) >= 11 is 0. The molecule has 1 saturated carbocycles. The summed E-state index contributed by atoms with van der Waals surface area (Å²) in [4.78, 5) is 11.1. The Balaban J connectivity index is 2.24. The van der Waals surface area contributed by atoms with Gasteiger partial charge in [0.1, 0.15) is 5.60 Å². The van der Waals surface area contributed by atoms with E-state index in [2.05, 4.69) is 5.32 Å². The molecule has 0 aromatic rings. The second-order valence-electron chi connectivity index (χ2n) is 4.49. The van der Waals surface area contributed by atoms with Gasteiger partial charge in [0.25, 0.3) is 0 Å². The quantitative estimate of drug-likeness (QED) is 0.753. The number of amides is 1. The second kappa shape index (κ2) is 3.71. The van der Waals surface area contributed by atoms with E-state index >= 15 is 0 Å². The summed E-state index contributed by atoms with van der Waals surface area (Å²) in [5.74, 6) is -0.692. The van der Waals surface area contributed by atoms with Crippen LogP contribution in [0.5, 0.6) is 0 Å². The van der Waals surface area contributed by atoms with Gasteiger partial charge >= 0.3 is 6.09 Å². The van der Waals surface area contributed by atoms with Crippen LogP contribution in [-0.2, 0) is 4.74 Å². The van der Waals surface area contributed by atoms with Crippen molar-refractivity contribution in [2.75, 3.05) is 0 Å². The lowest BCUT2D eigenvalue weighted by Gasteiger charge is -2.19. The van der Waals surface area contributed by atoms with Gasteiger partial charge in [-0.1, -0.05) is 0 Å². The molecule has 82 valence electrons. The fourth-order valence-electron chi connectivity index (χ4n) is 1.12. The molecule has 0 aromatic carbocycles. The van der Waals surface area contributed by atoms with Crippen LogP contribution < -0.4 is 5.32 Å². The van der Waals surface area contributed by atoms with Crippen molar-refractivity contribution in [3.63, 3.8) is 0 Å². The highest BCUT2D eigenvalue weighted by atomic mass is 19.3. The van der Waals surface area contributed by atoms with Crippen LogP contribution in [-0.4, -0.2) is 24.2 Å². The Morgan fingerprint density at radius 3 is 2.43 bits per heavy atom. The number of ether oxygens (including phenoxy) is 1. The van der Waals surface area contributed by atoms with Crippen molar-refractivity contribution in [3.05, 3.63) is 0 Å². The zero-order chi connectivity index (χ0) is 10.9. The summed E-state index contributed by atoms with van der Waals surface area (Å²) in [5, 5.41) is 2.40. The Morgan fingerprint density at radius 2 is 2.07 bits per heavy atom. The van der Waals surface area contributed by atoms with Crippen molar-refractivity contribution in [1.29, 1.82) is 0 Å². The van der Waals surface area contributed by atoms with E-state index in [-0.39, 0.29) is 0 Å². The molecule has 1 fully saturated rings. The lowest BCUT2D eigenvalue weighted by Crippen LogP contribution is -2.34.